The van der Waals surface area contributed by atoms with Crippen LogP contribution in [-0.2, 0) is 16.6 Å². The van der Waals surface area contributed by atoms with E-state index in [2.05, 4.69) is 14.6 Å². The lowest BCUT2D eigenvalue weighted by Gasteiger charge is -2.38. The van der Waals surface area contributed by atoms with Gasteiger partial charge in [-0.25, -0.2) is 8.42 Å². The van der Waals surface area contributed by atoms with E-state index < -0.39 is 16.1 Å². The van der Waals surface area contributed by atoms with Crippen LogP contribution in [0.1, 0.15) is 29.8 Å². The number of fused-ring (bicyclic) bond motifs is 1. The first-order valence-electron chi connectivity index (χ1n) is 12.6. The third kappa shape index (κ3) is 6.32. The number of nitrogens with zero attached hydrogens (tertiary/aromatic N) is 3. The van der Waals surface area contributed by atoms with Gasteiger partial charge in [0.05, 0.1) is 28.8 Å². The number of carbonyl (C=O) groups excluding carboxylic acids is 1. The zero-order valence-electron chi connectivity index (χ0n) is 21.8. The van der Waals surface area contributed by atoms with E-state index in [-0.39, 0.29) is 46.4 Å². The summed E-state index contributed by atoms with van der Waals surface area (Å²) in [4.78, 5) is 21.6. The predicted octanol–water partition coefficient (Wildman–Crippen LogP) is 3.23. The van der Waals surface area contributed by atoms with Crippen LogP contribution in [0.15, 0.2) is 78.0 Å². The average molecular weight is 539 g/mol. The topological polar surface area (TPSA) is 112 Å². The standard InChI is InChI=1S/C28H34N4O5S/c1-20-16-32(21(2)19-33)28(34)24-10-7-11-25(30-38(35,36)23-8-5-4-6-9-23)27(24)37-26(20)18-31(3)17-22-12-14-29-15-13-22/h4-15,20-21,26,30,33H,16-19H2,1-3H3/t20-,21-,26+/m0/s1. The van der Waals surface area contributed by atoms with Crippen molar-refractivity contribution in [3.05, 3.63) is 84.2 Å². The number of nitrogens with one attached hydrogen (secondary N) is 1. The first kappa shape index (κ1) is 27.6. The number of anilines is 1. The summed E-state index contributed by atoms with van der Waals surface area (Å²) in [5, 5.41) is 9.88. The molecule has 9 nitrogen and oxygen atoms in total. The summed E-state index contributed by atoms with van der Waals surface area (Å²) in [7, 11) is -1.94. The van der Waals surface area contributed by atoms with Crippen molar-refractivity contribution < 1.29 is 23.1 Å². The van der Waals surface area contributed by atoms with Gasteiger partial charge in [0.1, 0.15) is 6.10 Å². The predicted molar refractivity (Wildman–Crippen MR) is 145 cm³/mol. The maximum atomic E-state index is 13.6. The van der Waals surface area contributed by atoms with Crippen LogP contribution in [-0.4, -0.2) is 73.1 Å². The van der Waals surface area contributed by atoms with Gasteiger partial charge in [0.15, 0.2) is 5.75 Å². The second-order valence-corrected chi connectivity index (χ2v) is 11.5. The number of aliphatic hydroxyl groups excluding tert-OH is 1. The van der Waals surface area contributed by atoms with Crippen molar-refractivity contribution in [1.82, 2.24) is 14.8 Å². The fraction of sp³-hybridized carbons (Fsp3) is 0.357. The van der Waals surface area contributed by atoms with Crippen LogP contribution in [0.5, 0.6) is 5.75 Å². The van der Waals surface area contributed by atoms with Crippen LogP contribution in [0.25, 0.3) is 0 Å². The van der Waals surface area contributed by atoms with E-state index in [1.807, 2.05) is 26.1 Å². The molecule has 202 valence electrons. The molecule has 0 spiro atoms. The van der Waals surface area contributed by atoms with Crippen molar-refractivity contribution in [2.24, 2.45) is 5.92 Å². The number of likely N-dealkylation sites (N-methyl/N-ethyl adjacent to an activating group) is 1. The Hall–Kier alpha value is -3.47. The molecule has 38 heavy (non-hydrogen) atoms. The summed E-state index contributed by atoms with van der Waals surface area (Å²) >= 11 is 0. The van der Waals surface area contributed by atoms with E-state index in [0.717, 1.165) is 5.56 Å². The maximum absolute atomic E-state index is 13.6. The number of benzene rings is 2. The number of aromatic nitrogens is 1. The highest BCUT2D eigenvalue weighted by atomic mass is 32.2. The van der Waals surface area contributed by atoms with Gasteiger partial charge >= 0.3 is 0 Å². The molecule has 2 N–H and O–H groups in total. The van der Waals surface area contributed by atoms with Crippen LogP contribution >= 0.6 is 0 Å². The Bertz CT molecular complexity index is 1340. The lowest BCUT2D eigenvalue weighted by molar-refractivity contribution is 0.0344. The summed E-state index contributed by atoms with van der Waals surface area (Å²) in [6.45, 7) is 5.17. The molecule has 0 bridgehead atoms. The molecule has 2 heterocycles. The van der Waals surface area contributed by atoms with E-state index in [0.29, 0.717) is 19.6 Å². The van der Waals surface area contributed by atoms with Crippen LogP contribution in [0, 0.1) is 5.92 Å². The number of amides is 1. The highest BCUT2D eigenvalue weighted by Crippen LogP contribution is 2.36. The molecule has 3 atom stereocenters. The van der Waals surface area contributed by atoms with Gasteiger partial charge in [-0.05, 0) is 55.9 Å². The number of para-hydroxylation sites is 1. The molecular weight excluding hydrogens is 504 g/mol. The lowest BCUT2D eigenvalue weighted by Crippen LogP contribution is -2.49. The van der Waals surface area contributed by atoms with Gasteiger partial charge in [-0.1, -0.05) is 31.2 Å². The molecule has 1 amide bonds. The highest BCUT2D eigenvalue weighted by molar-refractivity contribution is 7.92. The maximum Gasteiger partial charge on any atom is 0.262 e. The fourth-order valence-electron chi connectivity index (χ4n) is 4.52. The lowest BCUT2D eigenvalue weighted by atomic mass is 9.99. The average Bonchev–Trinajstić information content (AvgIpc) is 2.91. The van der Waals surface area contributed by atoms with Gasteiger partial charge in [-0.3, -0.25) is 19.4 Å². The summed E-state index contributed by atoms with van der Waals surface area (Å²) in [5.41, 5.74) is 1.53. The molecule has 2 aromatic carbocycles. The van der Waals surface area contributed by atoms with Crippen molar-refractivity contribution in [3.63, 3.8) is 0 Å². The van der Waals surface area contributed by atoms with Gasteiger partial charge in [0.25, 0.3) is 15.9 Å². The fourth-order valence-corrected chi connectivity index (χ4v) is 5.60. The number of pyridine rings is 1. The first-order chi connectivity index (χ1) is 18.2. The van der Waals surface area contributed by atoms with Crippen LogP contribution in [0.3, 0.4) is 0 Å². The monoisotopic (exact) mass is 538 g/mol. The Morgan fingerprint density at radius 1 is 1.13 bits per heavy atom. The van der Waals surface area contributed by atoms with E-state index in [4.69, 9.17) is 4.74 Å². The SMILES string of the molecule is C[C@H]1CN([C@@H](C)CO)C(=O)c2cccc(NS(=O)(=O)c3ccccc3)c2O[C@@H]1CN(C)Cc1ccncc1. The minimum absolute atomic E-state index is 0.104. The number of hydrogen-bond acceptors (Lipinski definition) is 7. The zero-order chi connectivity index (χ0) is 27.3. The van der Waals surface area contributed by atoms with E-state index in [1.54, 1.807) is 60.6 Å². The second kappa shape index (κ2) is 11.9. The van der Waals surface area contributed by atoms with Crippen molar-refractivity contribution in [3.8, 4) is 5.75 Å². The normalized spacial score (nSPS) is 18.8. The zero-order valence-corrected chi connectivity index (χ0v) is 22.6. The summed E-state index contributed by atoms with van der Waals surface area (Å²) in [5.74, 6) is -0.251. The molecule has 1 aromatic heterocycles. The molecule has 10 heteroatoms. The molecule has 0 unspecified atom stereocenters. The number of aliphatic hydroxyl groups is 1. The Morgan fingerprint density at radius 2 is 1.84 bits per heavy atom. The first-order valence-corrected chi connectivity index (χ1v) is 14.0. The molecule has 3 aromatic rings. The summed E-state index contributed by atoms with van der Waals surface area (Å²) < 4.78 is 35.5. The molecular formula is C28H34N4O5S. The highest BCUT2D eigenvalue weighted by Gasteiger charge is 2.35. The largest absolute Gasteiger partial charge is 0.486 e. The van der Waals surface area contributed by atoms with Gasteiger partial charge in [-0.15, -0.1) is 0 Å². The molecule has 0 saturated carbocycles. The molecule has 0 saturated heterocycles. The Morgan fingerprint density at radius 3 is 2.53 bits per heavy atom. The third-order valence-corrected chi connectivity index (χ3v) is 8.06. The molecule has 0 radical (unpaired) electrons. The number of ether oxygens (including phenoxy) is 1. The minimum atomic E-state index is -3.93. The quantitative estimate of drug-likeness (QED) is 0.430. The van der Waals surface area contributed by atoms with Gasteiger partial charge in [0.2, 0.25) is 0 Å². The molecule has 0 fully saturated rings. The van der Waals surface area contributed by atoms with Crippen molar-refractivity contribution in [2.45, 2.75) is 37.4 Å². The van der Waals surface area contributed by atoms with E-state index >= 15 is 0 Å². The Labute approximate surface area is 224 Å². The van der Waals surface area contributed by atoms with Gasteiger partial charge in [-0.2, -0.15) is 0 Å². The van der Waals surface area contributed by atoms with Crippen molar-refractivity contribution in [1.29, 1.82) is 0 Å². The summed E-state index contributed by atoms with van der Waals surface area (Å²) in [6, 6.07) is 16.4. The van der Waals surface area contributed by atoms with Crippen molar-refractivity contribution >= 4 is 21.6 Å². The second-order valence-electron chi connectivity index (χ2n) is 9.78. The summed E-state index contributed by atoms with van der Waals surface area (Å²) in [6.07, 6.45) is 3.13. The number of rotatable bonds is 9. The van der Waals surface area contributed by atoms with E-state index in [1.165, 1.54) is 12.1 Å². The molecule has 4 rings (SSSR count). The van der Waals surface area contributed by atoms with E-state index in [9.17, 15) is 18.3 Å². The number of sulfonamides is 1. The smallest absolute Gasteiger partial charge is 0.262 e. The molecule has 0 aliphatic carbocycles. The van der Waals surface area contributed by atoms with Gasteiger partial charge in [0, 0.05) is 37.9 Å². The number of hydrogen-bond donors (Lipinski definition) is 2. The Kier molecular flexibility index (Phi) is 8.65. The van der Waals surface area contributed by atoms with Gasteiger partial charge < -0.3 is 14.7 Å². The third-order valence-electron chi connectivity index (χ3n) is 6.68. The number of carbonyl (C=O) groups is 1. The Balaban J connectivity index is 1.71. The van der Waals surface area contributed by atoms with Crippen LogP contribution in [0.4, 0.5) is 5.69 Å². The van der Waals surface area contributed by atoms with Crippen LogP contribution < -0.4 is 9.46 Å². The molecule has 1 aliphatic heterocycles. The molecule has 1 aliphatic rings. The van der Waals surface area contributed by atoms with Crippen LogP contribution in [0.2, 0.25) is 0 Å². The van der Waals surface area contributed by atoms with Crippen molar-refractivity contribution in [2.75, 3.05) is 31.5 Å². The minimum Gasteiger partial charge on any atom is -0.486 e.